The highest BCUT2D eigenvalue weighted by Gasteiger charge is 2.17. The van der Waals surface area contributed by atoms with Crippen LogP contribution in [0, 0.1) is 0 Å². The van der Waals surface area contributed by atoms with Crippen molar-refractivity contribution in [3.63, 3.8) is 0 Å². The second-order valence-electron chi connectivity index (χ2n) is 6.34. The third kappa shape index (κ3) is 3.39. The van der Waals surface area contributed by atoms with E-state index in [0.29, 0.717) is 22.5 Å². The molecule has 0 aliphatic rings. The van der Waals surface area contributed by atoms with Crippen LogP contribution in [-0.2, 0) is 0 Å². The molecular weight excluding hydrogens is 384 g/mol. The lowest BCUT2D eigenvalue weighted by Crippen LogP contribution is -2.11. The molecule has 1 N–H and O–H groups in total. The minimum absolute atomic E-state index is 0.227. The Kier molecular flexibility index (Phi) is 4.34. The number of fused-ring (bicyclic) bond motifs is 1. The maximum absolute atomic E-state index is 12.6. The Labute approximate surface area is 169 Å². The maximum atomic E-state index is 12.6. The van der Waals surface area contributed by atoms with Crippen molar-refractivity contribution in [1.29, 1.82) is 0 Å². The second-order valence-corrected chi connectivity index (χ2v) is 7.20. The molecule has 140 valence electrons. The van der Waals surface area contributed by atoms with Gasteiger partial charge in [0.2, 0.25) is 0 Å². The van der Waals surface area contributed by atoms with Gasteiger partial charge in [0, 0.05) is 22.7 Å². The second kappa shape index (κ2) is 7.29. The van der Waals surface area contributed by atoms with Crippen molar-refractivity contribution >= 4 is 33.9 Å². The number of pyridine rings is 1. The number of aromatic nitrogens is 3. The van der Waals surface area contributed by atoms with Gasteiger partial charge in [0.15, 0.2) is 5.58 Å². The van der Waals surface area contributed by atoms with Crippen molar-refractivity contribution in [3.05, 3.63) is 84.0 Å². The fourth-order valence-corrected chi connectivity index (χ4v) is 3.81. The van der Waals surface area contributed by atoms with E-state index in [-0.39, 0.29) is 5.91 Å². The number of thiazole rings is 1. The first kappa shape index (κ1) is 17.3. The number of hydrogen-bond acceptors (Lipinski definition) is 6. The highest BCUT2D eigenvalue weighted by molar-refractivity contribution is 7.13. The Hall–Kier alpha value is -3.84. The average Bonchev–Trinajstić information content (AvgIpc) is 3.41. The third-order valence-corrected chi connectivity index (χ3v) is 5.31. The van der Waals surface area contributed by atoms with E-state index in [1.807, 2.05) is 35.7 Å². The summed E-state index contributed by atoms with van der Waals surface area (Å²) < 4.78 is 5.44. The zero-order valence-electron chi connectivity index (χ0n) is 15.1. The van der Waals surface area contributed by atoms with Crippen molar-refractivity contribution in [2.24, 2.45) is 0 Å². The molecular formula is C22H14N4O2S. The summed E-state index contributed by atoms with van der Waals surface area (Å²) >= 11 is 1.54. The molecule has 1 amide bonds. The Morgan fingerprint density at radius 3 is 2.76 bits per heavy atom. The smallest absolute Gasteiger partial charge is 0.255 e. The molecule has 0 spiro atoms. The van der Waals surface area contributed by atoms with Gasteiger partial charge in [-0.3, -0.25) is 9.78 Å². The van der Waals surface area contributed by atoms with Crippen LogP contribution in [0.25, 0.3) is 32.9 Å². The summed E-state index contributed by atoms with van der Waals surface area (Å²) in [6.45, 7) is 0. The van der Waals surface area contributed by atoms with Crippen molar-refractivity contribution in [3.8, 4) is 22.0 Å². The van der Waals surface area contributed by atoms with E-state index in [1.165, 1.54) is 0 Å². The molecule has 2 aromatic carbocycles. The zero-order valence-corrected chi connectivity index (χ0v) is 15.9. The summed E-state index contributed by atoms with van der Waals surface area (Å²) in [4.78, 5) is 21.3. The van der Waals surface area contributed by atoms with Crippen LogP contribution in [0.5, 0.6) is 0 Å². The molecule has 0 saturated carbocycles. The monoisotopic (exact) mass is 398 g/mol. The number of benzene rings is 2. The summed E-state index contributed by atoms with van der Waals surface area (Å²) in [6, 6.07) is 18.8. The number of nitrogens with one attached hydrogen (secondary N) is 1. The van der Waals surface area contributed by atoms with E-state index in [9.17, 15) is 4.79 Å². The molecule has 0 unspecified atom stereocenters. The fourth-order valence-electron chi connectivity index (χ4n) is 3.00. The van der Waals surface area contributed by atoms with E-state index in [4.69, 9.17) is 9.51 Å². The number of rotatable bonds is 4. The van der Waals surface area contributed by atoms with Gasteiger partial charge in [0.05, 0.1) is 17.3 Å². The molecule has 0 bridgehead atoms. The normalized spacial score (nSPS) is 10.9. The molecule has 5 aromatic rings. The molecule has 3 heterocycles. The summed E-state index contributed by atoms with van der Waals surface area (Å²) in [7, 11) is 0. The van der Waals surface area contributed by atoms with E-state index in [1.54, 1.807) is 54.1 Å². The number of carbonyl (C=O) groups is 1. The fraction of sp³-hybridized carbons (Fsp3) is 0. The number of anilines is 1. The predicted octanol–water partition coefficient (Wildman–Crippen LogP) is 5.27. The highest BCUT2D eigenvalue weighted by Crippen LogP contribution is 2.32. The van der Waals surface area contributed by atoms with Gasteiger partial charge in [-0.1, -0.05) is 35.5 Å². The van der Waals surface area contributed by atoms with Crippen LogP contribution in [0.15, 0.2) is 83.0 Å². The standard InChI is InChI=1S/C22H14N4O2S/c27-21(24-16-7-4-10-23-12-16)15-8-9-19-17(11-15)20(26-28-19)18-13-29-22(25-18)14-5-2-1-3-6-14/h1-13H,(H,24,27). The van der Waals surface area contributed by atoms with Gasteiger partial charge in [-0.25, -0.2) is 4.98 Å². The molecule has 0 radical (unpaired) electrons. The molecule has 0 atom stereocenters. The van der Waals surface area contributed by atoms with Crippen molar-refractivity contribution < 1.29 is 9.32 Å². The molecule has 6 nitrogen and oxygen atoms in total. The van der Waals surface area contributed by atoms with E-state index in [0.717, 1.165) is 21.7 Å². The summed E-state index contributed by atoms with van der Waals surface area (Å²) in [5.74, 6) is -0.227. The van der Waals surface area contributed by atoms with Gasteiger partial charge in [0.1, 0.15) is 16.4 Å². The number of amides is 1. The van der Waals surface area contributed by atoms with Crippen LogP contribution in [-0.4, -0.2) is 21.0 Å². The van der Waals surface area contributed by atoms with Gasteiger partial charge in [-0.2, -0.15) is 0 Å². The van der Waals surface area contributed by atoms with E-state index in [2.05, 4.69) is 15.5 Å². The molecule has 3 aromatic heterocycles. The van der Waals surface area contributed by atoms with Crippen LogP contribution in [0.2, 0.25) is 0 Å². The third-order valence-electron chi connectivity index (χ3n) is 4.42. The molecule has 0 fully saturated rings. The zero-order chi connectivity index (χ0) is 19.6. The lowest BCUT2D eigenvalue weighted by atomic mass is 10.1. The first-order valence-electron chi connectivity index (χ1n) is 8.90. The highest BCUT2D eigenvalue weighted by atomic mass is 32.1. The molecule has 29 heavy (non-hydrogen) atoms. The number of hydrogen-bond donors (Lipinski definition) is 1. The van der Waals surface area contributed by atoms with Gasteiger partial charge >= 0.3 is 0 Å². The molecule has 0 aliphatic heterocycles. The van der Waals surface area contributed by atoms with Crippen LogP contribution >= 0.6 is 11.3 Å². The Morgan fingerprint density at radius 2 is 1.93 bits per heavy atom. The lowest BCUT2D eigenvalue weighted by molar-refractivity contribution is 0.102. The number of carbonyl (C=O) groups excluding carboxylic acids is 1. The van der Waals surface area contributed by atoms with Gasteiger partial charge in [-0.05, 0) is 30.3 Å². The molecule has 5 rings (SSSR count). The predicted molar refractivity (Wildman–Crippen MR) is 113 cm³/mol. The average molecular weight is 398 g/mol. The van der Waals surface area contributed by atoms with Crippen molar-refractivity contribution in [2.75, 3.05) is 5.32 Å². The lowest BCUT2D eigenvalue weighted by Gasteiger charge is -2.04. The summed E-state index contributed by atoms with van der Waals surface area (Å²) in [5, 5.41) is 10.6. The SMILES string of the molecule is O=C(Nc1cccnc1)c1ccc2onc(-c3csc(-c4ccccc4)n3)c2c1. The minimum atomic E-state index is -0.227. The quantitative estimate of drug-likeness (QED) is 0.446. The van der Waals surface area contributed by atoms with Crippen LogP contribution in [0.1, 0.15) is 10.4 Å². The van der Waals surface area contributed by atoms with Crippen molar-refractivity contribution in [1.82, 2.24) is 15.1 Å². The maximum Gasteiger partial charge on any atom is 0.255 e. The summed E-state index contributed by atoms with van der Waals surface area (Å²) in [5.41, 5.74) is 4.13. The topological polar surface area (TPSA) is 80.9 Å². The Bertz CT molecular complexity index is 1300. The first-order chi connectivity index (χ1) is 14.3. The summed E-state index contributed by atoms with van der Waals surface area (Å²) in [6.07, 6.45) is 3.25. The van der Waals surface area contributed by atoms with Crippen LogP contribution in [0.4, 0.5) is 5.69 Å². The Morgan fingerprint density at radius 1 is 1.03 bits per heavy atom. The minimum Gasteiger partial charge on any atom is -0.356 e. The largest absolute Gasteiger partial charge is 0.356 e. The van der Waals surface area contributed by atoms with Gasteiger partial charge in [0.25, 0.3) is 5.91 Å². The van der Waals surface area contributed by atoms with Gasteiger partial charge < -0.3 is 9.84 Å². The molecule has 0 saturated heterocycles. The van der Waals surface area contributed by atoms with Crippen LogP contribution < -0.4 is 5.32 Å². The molecule has 7 heteroatoms. The number of nitrogens with zero attached hydrogens (tertiary/aromatic N) is 3. The van der Waals surface area contributed by atoms with Gasteiger partial charge in [-0.15, -0.1) is 11.3 Å². The van der Waals surface area contributed by atoms with Crippen LogP contribution in [0.3, 0.4) is 0 Å². The van der Waals surface area contributed by atoms with E-state index >= 15 is 0 Å². The molecule has 0 aliphatic carbocycles. The first-order valence-corrected chi connectivity index (χ1v) is 9.78. The van der Waals surface area contributed by atoms with E-state index < -0.39 is 0 Å². The van der Waals surface area contributed by atoms with Crippen molar-refractivity contribution in [2.45, 2.75) is 0 Å². The Balaban J connectivity index is 1.49.